The van der Waals surface area contributed by atoms with Crippen molar-refractivity contribution in [1.29, 1.82) is 0 Å². The minimum atomic E-state index is -0.484. The first-order valence-electron chi connectivity index (χ1n) is 9.39. The molecular formula is C21H23N3O5. The molecule has 0 spiro atoms. The molecule has 8 nitrogen and oxygen atoms in total. The lowest BCUT2D eigenvalue weighted by Gasteiger charge is -2.23. The van der Waals surface area contributed by atoms with Crippen LogP contribution in [0.4, 0.5) is 5.69 Å². The van der Waals surface area contributed by atoms with Crippen LogP contribution >= 0.6 is 0 Å². The highest BCUT2D eigenvalue weighted by Gasteiger charge is 2.27. The molecular weight excluding hydrogens is 374 g/mol. The zero-order valence-electron chi connectivity index (χ0n) is 16.5. The molecule has 3 rings (SSSR count). The van der Waals surface area contributed by atoms with Crippen molar-refractivity contribution in [1.82, 2.24) is 9.80 Å². The summed E-state index contributed by atoms with van der Waals surface area (Å²) in [5.74, 6) is 0.128. The lowest BCUT2D eigenvalue weighted by molar-refractivity contribution is -0.385. The van der Waals surface area contributed by atoms with Crippen molar-refractivity contribution in [2.45, 2.75) is 13.3 Å². The lowest BCUT2D eigenvalue weighted by atomic mass is 10.1. The third-order valence-electron chi connectivity index (χ3n) is 5.14. The Balaban J connectivity index is 1.75. The minimum absolute atomic E-state index is 0.0707. The summed E-state index contributed by atoms with van der Waals surface area (Å²) in [6, 6.07) is 11.6. The Bertz CT molecular complexity index is 944. The number of hydrogen-bond acceptors (Lipinski definition) is 5. The summed E-state index contributed by atoms with van der Waals surface area (Å²) in [4.78, 5) is 39.9. The van der Waals surface area contributed by atoms with Crippen LogP contribution in [0.5, 0.6) is 5.75 Å². The molecule has 8 heteroatoms. The lowest BCUT2D eigenvalue weighted by Crippen LogP contribution is -2.37. The zero-order chi connectivity index (χ0) is 21.0. The highest BCUT2D eigenvalue weighted by atomic mass is 16.6. The summed E-state index contributed by atoms with van der Waals surface area (Å²) < 4.78 is 5.28. The number of amides is 2. The third-order valence-corrected chi connectivity index (χ3v) is 5.14. The van der Waals surface area contributed by atoms with E-state index in [1.807, 2.05) is 0 Å². The molecule has 0 saturated carbocycles. The van der Waals surface area contributed by atoms with Crippen LogP contribution in [0.2, 0.25) is 0 Å². The second-order valence-electron chi connectivity index (χ2n) is 6.85. The van der Waals surface area contributed by atoms with Gasteiger partial charge in [0.25, 0.3) is 17.5 Å². The first-order valence-corrected chi connectivity index (χ1v) is 9.39. The number of nitro groups is 1. The fourth-order valence-electron chi connectivity index (χ4n) is 3.54. The van der Waals surface area contributed by atoms with Crippen molar-refractivity contribution < 1.29 is 19.2 Å². The number of rotatable bonds is 4. The van der Waals surface area contributed by atoms with E-state index >= 15 is 0 Å². The number of ether oxygens (including phenoxy) is 1. The minimum Gasteiger partial charge on any atom is -0.496 e. The van der Waals surface area contributed by atoms with E-state index in [0.29, 0.717) is 55.0 Å². The maximum absolute atomic E-state index is 13.0. The summed E-state index contributed by atoms with van der Waals surface area (Å²) in [6.45, 7) is 3.34. The second-order valence-corrected chi connectivity index (χ2v) is 6.85. The molecule has 2 amide bonds. The SMILES string of the molecule is COc1ccccc1C(=O)N1CCCN(C(=O)c2cccc([N+](=O)[O-])c2C)CC1. The van der Waals surface area contributed by atoms with Gasteiger partial charge in [0.15, 0.2) is 0 Å². The molecule has 1 aliphatic heterocycles. The Labute approximate surface area is 168 Å². The molecule has 0 N–H and O–H groups in total. The Morgan fingerprint density at radius 1 is 0.931 bits per heavy atom. The van der Waals surface area contributed by atoms with Crippen LogP contribution in [0.15, 0.2) is 42.5 Å². The van der Waals surface area contributed by atoms with E-state index in [1.165, 1.54) is 19.2 Å². The number of methoxy groups -OCH3 is 1. The molecule has 1 saturated heterocycles. The maximum Gasteiger partial charge on any atom is 0.273 e. The summed E-state index contributed by atoms with van der Waals surface area (Å²) in [5.41, 5.74) is 1.10. The second kappa shape index (κ2) is 8.72. The Morgan fingerprint density at radius 3 is 2.14 bits per heavy atom. The van der Waals surface area contributed by atoms with Gasteiger partial charge in [-0.2, -0.15) is 0 Å². The fraction of sp³-hybridized carbons (Fsp3) is 0.333. The van der Waals surface area contributed by atoms with Gasteiger partial charge in [0.05, 0.1) is 17.6 Å². The molecule has 0 aromatic heterocycles. The van der Waals surface area contributed by atoms with Gasteiger partial charge in [-0.1, -0.05) is 18.2 Å². The van der Waals surface area contributed by atoms with Gasteiger partial charge < -0.3 is 14.5 Å². The quantitative estimate of drug-likeness (QED) is 0.584. The molecule has 1 fully saturated rings. The summed E-state index contributed by atoms with van der Waals surface area (Å²) in [6.07, 6.45) is 0.626. The predicted molar refractivity (Wildman–Crippen MR) is 107 cm³/mol. The highest BCUT2D eigenvalue weighted by Crippen LogP contribution is 2.24. The summed E-state index contributed by atoms with van der Waals surface area (Å²) >= 11 is 0. The van der Waals surface area contributed by atoms with Crippen molar-refractivity contribution >= 4 is 17.5 Å². The van der Waals surface area contributed by atoms with Crippen LogP contribution in [0, 0.1) is 17.0 Å². The molecule has 1 aliphatic rings. The van der Waals surface area contributed by atoms with Crippen molar-refractivity contribution in [3.05, 3.63) is 69.3 Å². The van der Waals surface area contributed by atoms with Crippen LogP contribution in [-0.2, 0) is 0 Å². The molecule has 0 aliphatic carbocycles. The molecule has 0 radical (unpaired) electrons. The standard InChI is InChI=1S/C21H23N3O5/c1-15-16(8-5-9-18(15)24(27)28)20(25)22-11-6-12-23(14-13-22)21(26)17-7-3-4-10-19(17)29-2/h3-5,7-10H,6,11-14H2,1-2H3. The number of hydrogen-bond donors (Lipinski definition) is 0. The van der Waals surface area contributed by atoms with Gasteiger partial charge in [-0.25, -0.2) is 0 Å². The number of carbonyl (C=O) groups is 2. The largest absolute Gasteiger partial charge is 0.496 e. The first kappa shape index (κ1) is 20.3. The first-order chi connectivity index (χ1) is 13.9. The topological polar surface area (TPSA) is 93.0 Å². The van der Waals surface area contributed by atoms with E-state index in [0.717, 1.165) is 0 Å². The van der Waals surface area contributed by atoms with Crippen LogP contribution in [0.3, 0.4) is 0 Å². The smallest absolute Gasteiger partial charge is 0.273 e. The van der Waals surface area contributed by atoms with E-state index in [9.17, 15) is 19.7 Å². The third kappa shape index (κ3) is 4.21. The fourth-order valence-corrected chi connectivity index (χ4v) is 3.54. The number of benzene rings is 2. The van der Waals surface area contributed by atoms with E-state index in [-0.39, 0.29) is 17.5 Å². The van der Waals surface area contributed by atoms with Gasteiger partial charge in [-0.15, -0.1) is 0 Å². The molecule has 0 bridgehead atoms. The van der Waals surface area contributed by atoms with E-state index in [2.05, 4.69) is 0 Å². The van der Waals surface area contributed by atoms with Gasteiger partial charge in [0.1, 0.15) is 5.75 Å². The Kier molecular flexibility index (Phi) is 6.11. The normalized spacial score (nSPS) is 14.3. The van der Waals surface area contributed by atoms with Gasteiger partial charge in [-0.05, 0) is 31.5 Å². The average Bonchev–Trinajstić information content (AvgIpc) is 2.99. The van der Waals surface area contributed by atoms with Crippen molar-refractivity contribution in [3.63, 3.8) is 0 Å². The molecule has 0 unspecified atom stereocenters. The molecule has 152 valence electrons. The van der Waals surface area contributed by atoms with Crippen LogP contribution in [0.1, 0.15) is 32.7 Å². The van der Waals surface area contributed by atoms with Crippen molar-refractivity contribution in [3.8, 4) is 5.75 Å². The predicted octanol–water partition coefficient (Wildman–Crippen LogP) is 2.90. The van der Waals surface area contributed by atoms with E-state index in [4.69, 9.17) is 4.74 Å². The molecule has 2 aromatic rings. The van der Waals surface area contributed by atoms with E-state index in [1.54, 1.807) is 47.1 Å². The summed E-state index contributed by atoms with van der Waals surface area (Å²) in [7, 11) is 1.52. The molecule has 29 heavy (non-hydrogen) atoms. The highest BCUT2D eigenvalue weighted by molar-refractivity contribution is 5.98. The number of nitrogens with zero attached hydrogens (tertiary/aromatic N) is 3. The van der Waals surface area contributed by atoms with Gasteiger partial charge in [0, 0.05) is 43.4 Å². The molecule has 0 atom stereocenters. The van der Waals surface area contributed by atoms with Crippen molar-refractivity contribution in [2.75, 3.05) is 33.3 Å². The van der Waals surface area contributed by atoms with Gasteiger partial charge in [0.2, 0.25) is 0 Å². The molecule has 1 heterocycles. The zero-order valence-corrected chi connectivity index (χ0v) is 16.5. The summed E-state index contributed by atoms with van der Waals surface area (Å²) in [5, 5.41) is 11.2. The van der Waals surface area contributed by atoms with E-state index < -0.39 is 4.92 Å². The number of carbonyl (C=O) groups excluding carboxylic acids is 2. The number of nitro benzene ring substituents is 1. The molecule has 2 aromatic carbocycles. The average molecular weight is 397 g/mol. The maximum atomic E-state index is 13.0. The van der Waals surface area contributed by atoms with Crippen molar-refractivity contribution in [2.24, 2.45) is 0 Å². The Hall–Kier alpha value is -3.42. The Morgan fingerprint density at radius 2 is 1.52 bits per heavy atom. The van der Waals surface area contributed by atoms with Crippen LogP contribution in [0.25, 0.3) is 0 Å². The van der Waals surface area contributed by atoms with Gasteiger partial charge in [-0.3, -0.25) is 19.7 Å². The van der Waals surface area contributed by atoms with Crippen LogP contribution in [-0.4, -0.2) is 59.8 Å². The monoisotopic (exact) mass is 397 g/mol. The van der Waals surface area contributed by atoms with Crippen LogP contribution < -0.4 is 4.74 Å². The van der Waals surface area contributed by atoms with Gasteiger partial charge >= 0.3 is 0 Å². The number of para-hydroxylation sites is 1.